The van der Waals surface area contributed by atoms with Crippen molar-refractivity contribution in [3.8, 4) is 5.75 Å². The lowest BCUT2D eigenvalue weighted by atomic mass is 9.95. The molecular weight excluding hydrogens is 463 g/mol. The number of methoxy groups -OCH3 is 1. The van der Waals surface area contributed by atoms with Gasteiger partial charge in [0.2, 0.25) is 0 Å². The summed E-state index contributed by atoms with van der Waals surface area (Å²) in [5.74, 6) is 0.557. The zero-order valence-electron chi connectivity index (χ0n) is 21.0. The molecule has 4 rings (SSSR count). The summed E-state index contributed by atoms with van der Waals surface area (Å²) in [7, 11) is 1.44. The molecule has 8 nitrogen and oxygen atoms in total. The van der Waals surface area contributed by atoms with Crippen LogP contribution in [0.2, 0.25) is 0 Å². The number of aromatic amines is 1. The molecule has 0 radical (unpaired) electrons. The number of aryl methyl sites for hydroxylation is 1. The number of nitrogens with one attached hydrogen (secondary N) is 3. The maximum Gasteiger partial charge on any atom is 0.307 e. The third-order valence-electron chi connectivity index (χ3n) is 5.93. The molecule has 1 amide bonds. The summed E-state index contributed by atoms with van der Waals surface area (Å²) in [5, 5.41) is 6.13. The van der Waals surface area contributed by atoms with Gasteiger partial charge in [0.25, 0.3) is 5.91 Å². The smallest absolute Gasteiger partial charge is 0.307 e. The maximum absolute atomic E-state index is 12.5. The zero-order valence-corrected chi connectivity index (χ0v) is 21.0. The number of ether oxygens (including phenoxy) is 2. The monoisotopic (exact) mass is 498 g/mol. The van der Waals surface area contributed by atoms with Crippen molar-refractivity contribution < 1.29 is 23.5 Å². The van der Waals surface area contributed by atoms with Gasteiger partial charge >= 0.3 is 5.97 Å². The van der Waals surface area contributed by atoms with Crippen molar-refractivity contribution >= 4 is 17.6 Å². The predicted molar refractivity (Wildman–Crippen MR) is 137 cm³/mol. The van der Waals surface area contributed by atoms with E-state index < -0.39 is 0 Å². The number of amides is 1. The number of H-pyrrole nitrogens is 1. The van der Waals surface area contributed by atoms with E-state index in [0.29, 0.717) is 12.3 Å². The molecule has 1 aromatic heterocycles. The van der Waals surface area contributed by atoms with E-state index in [1.54, 1.807) is 25.1 Å². The Morgan fingerprint density at radius 1 is 1.17 bits per heavy atom. The van der Waals surface area contributed by atoms with Gasteiger partial charge in [-0.1, -0.05) is 12.1 Å². The molecular formula is C27H35FN4O4. The van der Waals surface area contributed by atoms with E-state index in [2.05, 4.69) is 20.4 Å². The van der Waals surface area contributed by atoms with Gasteiger partial charge in [0, 0.05) is 25.0 Å². The fourth-order valence-corrected chi connectivity index (χ4v) is 4.02. The summed E-state index contributed by atoms with van der Waals surface area (Å²) in [6.45, 7) is 3.40. The fraction of sp³-hybridized carbons (Fsp3) is 0.444. The second-order valence-electron chi connectivity index (χ2n) is 8.53. The number of hydrogen-bond donors (Lipinski definition) is 3. The Bertz CT molecular complexity index is 1090. The molecule has 194 valence electrons. The number of para-hydroxylation sites is 1. The third kappa shape index (κ3) is 8.25. The number of halogens is 1. The van der Waals surface area contributed by atoms with E-state index in [0.717, 1.165) is 43.6 Å². The van der Waals surface area contributed by atoms with Crippen molar-refractivity contribution in [3.05, 3.63) is 65.0 Å². The van der Waals surface area contributed by atoms with Crippen LogP contribution >= 0.6 is 0 Å². The second-order valence-corrected chi connectivity index (χ2v) is 8.53. The van der Waals surface area contributed by atoms with E-state index in [1.165, 1.54) is 37.3 Å². The van der Waals surface area contributed by atoms with Crippen LogP contribution in [0.1, 0.15) is 61.5 Å². The Balaban J connectivity index is 0.000000338. The highest BCUT2D eigenvalue weighted by Crippen LogP contribution is 2.26. The van der Waals surface area contributed by atoms with Gasteiger partial charge in [0.1, 0.15) is 11.5 Å². The van der Waals surface area contributed by atoms with Gasteiger partial charge in [-0.15, -0.1) is 0 Å². The predicted octanol–water partition coefficient (Wildman–Crippen LogP) is 4.29. The number of carbonyl (C=O) groups is 2. The SMILES string of the molecule is CCOC(=O)CCNC(=O)c1cc(CCC2=NC3=C(CCCN3)CC2)c[nH]1.COc1ccccc1F. The third-order valence-corrected chi connectivity index (χ3v) is 5.93. The maximum atomic E-state index is 12.5. The van der Waals surface area contributed by atoms with Crippen LogP contribution in [0, 0.1) is 5.82 Å². The van der Waals surface area contributed by atoms with Crippen molar-refractivity contribution in [2.75, 3.05) is 26.8 Å². The molecule has 2 aliphatic rings. The summed E-state index contributed by atoms with van der Waals surface area (Å²) in [6, 6.07) is 8.15. The number of benzene rings is 1. The molecule has 0 bridgehead atoms. The van der Waals surface area contributed by atoms with Crippen LogP contribution in [-0.2, 0) is 16.0 Å². The molecule has 0 aliphatic carbocycles. The number of aliphatic imine (C=N–C) groups is 1. The molecule has 3 N–H and O–H groups in total. The average molecular weight is 499 g/mol. The topological polar surface area (TPSA) is 105 Å². The minimum Gasteiger partial charge on any atom is -0.494 e. The van der Waals surface area contributed by atoms with Gasteiger partial charge in [-0.3, -0.25) is 9.59 Å². The molecule has 0 saturated heterocycles. The number of carbonyl (C=O) groups excluding carboxylic acids is 2. The molecule has 9 heteroatoms. The summed E-state index contributed by atoms with van der Waals surface area (Å²) in [4.78, 5) is 31.2. The highest BCUT2D eigenvalue weighted by molar-refractivity contribution is 5.93. The standard InChI is InChI=1S/C20H28N4O3.C7H7FO/c1-2-27-18(25)9-11-22-20(26)17-12-14(13-23-17)5-7-16-8-6-15-4-3-10-21-19(15)24-16;1-9-7-5-3-2-4-6(7)8/h12-13,21,23H,2-11H2,1H3,(H,22,26);2-5H,1H3. The molecule has 0 atom stereocenters. The van der Waals surface area contributed by atoms with Crippen LogP contribution in [-0.4, -0.2) is 49.4 Å². The van der Waals surface area contributed by atoms with Crippen LogP contribution in [0.15, 0.2) is 52.9 Å². The number of rotatable bonds is 9. The Morgan fingerprint density at radius 3 is 2.75 bits per heavy atom. The van der Waals surface area contributed by atoms with E-state index >= 15 is 0 Å². The molecule has 1 aromatic carbocycles. The van der Waals surface area contributed by atoms with E-state index in [4.69, 9.17) is 9.73 Å². The number of nitrogens with zero attached hydrogens (tertiary/aromatic N) is 1. The van der Waals surface area contributed by atoms with Crippen LogP contribution < -0.4 is 15.4 Å². The molecule has 0 spiro atoms. The lowest BCUT2D eigenvalue weighted by Crippen LogP contribution is -2.26. The number of allylic oxidation sites excluding steroid dienone is 1. The second kappa shape index (κ2) is 14.1. The van der Waals surface area contributed by atoms with Gasteiger partial charge in [-0.25, -0.2) is 9.38 Å². The first-order valence-electron chi connectivity index (χ1n) is 12.4. The lowest BCUT2D eigenvalue weighted by molar-refractivity contribution is -0.142. The van der Waals surface area contributed by atoms with Crippen LogP contribution in [0.4, 0.5) is 4.39 Å². The summed E-state index contributed by atoms with van der Waals surface area (Å²) in [5.41, 5.74) is 4.29. The van der Waals surface area contributed by atoms with E-state index in [1.807, 2.05) is 12.3 Å². The van der Waals surface area contributed by atoms with E-state index in [9.17, 15) is 14.0 Å². The molecule has 2 aromatic rings. The first kappa shape index (κ1) is 27.0. The number of aromatic nitrogens is 1. The van der Waals surface area contributed by atoms with Crippen molar-refractivity contribution in [1.82, 2.24) is 15.6 Å². The average Bonchev–Trinajstić information content (AvgIpc) is 3.37. The molecule has 0 fully saturated rings. The highest BCUT2D eigenvalue weighted by atomic mass is 19.1. The van der Waals surface area contributed by atoms with Crippen molar-refractivity contribution in [1.29, 1.82) is 0 Å². The van der Waals surface area contributed by atoms with Crippen LogP contribution in [0.5, 0.6) is 5.75 Å². The largest absolute Gasteiger partial charge is 0.494 e. The first-order valence-corrected chi connectivity index (χ1v) is 12.4. The minimum atomic E-state index is -0.319. The van der Waals surface area contributed by atoms with Crippen molar-refractivity contribution in [2.24, 2.45) is 4.99 Å². The molecule has 3 heterocycles. The summed E-state index contributed by atoms with van der Waals surface area (Å²) >= 11 is 0. The van der Waals surface area contributed by atoms with Gasteiger partial charge in [0.05, 0.1) is 20.1 Å². The summed E-state index contributed by atoms with van der Waals surface area (Å²) in [6.07, 6.45) is 8.33. The summed E-state index contributed by atoms with van der Waals surface area (Å²) < 4.78 is 22.0. The Kier molecular flexibility index (Phi) is 10.5. The van der Waals surface area contributed by atoms with Gasteiger partial charge in [-0.2, -0.15) is 0 Å². The minimum absolute atomic E-state index is 0.179. The molecule has 36 heavy (non-hydrogen) atoms. The molecule has 0 unspecified atom stereocenters. The Morgan fingerprint density at radius 2 is 2.00 bits per heavy atom. The fourth-order valence-electron chi connectivity index (χ4n) is 4.02. The van der Waals surface area contributed by atoms with Crippen molar-refractivity contribution in [3.63, 3.8) is 0 Å². The molecule has 2 aliphatic heterocycles. The van der Waals surface area contributed by atoms with Gasteiger partial charge < -0.3 is 25.1 Å². The highest BCUT2D eigenvalue weighted by Gasteiger charge is 2.18. The quantitative estimate of drug-likeness (QED) is 0.447. The van der Waals surface area contributed by atoms with Crippen LogP contribution in [0.25, 0.3) is 0 Å². The number of hydrogen-bond acceptors (Lipinski definition) is 6. The Hall–Kier alpha value is -3.62. The van der Waals surface area contributed by atoms with Gasteiger partial charge in [-0.05, 0) is 74.8 Å². The Labute approximate surface area is 211 Å². The van der Waals surface area contributed by atoms with Crippen LogP contribution in [0.3, 0.4) is 0 Å². The molecule has 0 saturated carbocycles. The van der Waals surface area contributed by atoms with E-state index in [-0.39, 0.29) is 36.4 Å². The lowest BCUT2D eigenvalue weighted by Gasteiger charge is -2.24. The zero-order chi connectivity index (χ0) is 25.8. The normalized spacial score (nSPS) is 14.5. The first-order chi connectivity index (χ1) is 17.5. The van der Waals surface area contributed by atoms with Crippen molar-refractivity contribution in [2.45, 2.75) is 51.9 Å². The van der Waals surface area contributed by atoms with Gasteiger partial charge in [0.15, 0.2) is 11.6 Å². The number of esters is 1.